The number of rotatable bonds is 3. The molecule has 0 bridgehead atoms. The van der Waals surface area contributed by atoms with Crippen LogP contribution < -0.4 is 4.74 Å². The van der Waals surface area contributed by atoms with Crippen molar-refractivity contribution < 1.29 is 4.74 Å². The number of methoxy groups -OCH3 is 1. The Balaban J connectivity index is 1.93. The molecule has 0 unspecified atom stereocenters. The Labute approximate surface area is 127 Å². The first-order valence-electron chi connectivity index (χ1n) is 6.26. The zero-order chi connectivity index (χ0) is 13.9. The lowest BCUT2D eigenvalue weighted by molar-refractivity contribution is 0.415. The second kappa shape index (κ2) is 5.70. The summed E-state index contributed by atoms with van der Waals surface area (Å²) in [7, 11) is 1.69. The summed E-state index contributed by atoms with van der Waals surface area (Å²) in [5.41, 5.74) is 1.03. The Morgan fingerprint density at radius 1 is 1.05 bits per heavy atom. The highest BCUT2D eigenvalue weighted by molar-refractivity contribution is 7.19. The monoisotopic (exact) mass is 300 g/mol. The van der Waals surface area contributed by atoms with Gasteiger partial charge in [0.15, 0.2) is 0 Å². The topological polar surface area (TPSA) is 9.23 Å². The van der Waals surface area contributed by atoms with Gasteiger partial charge in [-0.15, -0.1) is 11.3 Å². The Hall–Kier alpha value is -1.77. The molecule has 3 rings (SSSR count). The second-order valence-corrected chi connectivity index (χ2v) is 5.93. The Morgan fingerprint density at radius 2 is 1.90 bits per heavy atom. The van der Waals surface area contributed by atoms with Crippen molar-refractivity contribution >= 4 is 45.2 Å². The van der Waals surface area contributed by atoms with Gasteiger partial charge in [0.05, 0.1) is 7.11 Å². The lowest BCUT2D eigenvalue weighted by Gasteiger charge is -1.97. The van der Waals surface area contributed by atoms with Gasteiger partial charge in [0.25, 0.3) is 0 Å². The van der Waals surface area contributed by atoms with Crippen LogP contribution in [0.5, 0.6) is 5.75 Å². The molecule has 0 saturated carbocycles. The highest BCUT2D eigenvalue weighted by atomic mass is 35.5. The Bertz CT molecular complexity index is 774. The summed E-state index contributed by atoms with van der Waals surface area (Å²) >= 11 is 7.90. The average molecular weight is 301 g/mol. The molecule has 3 aromatic rings. The molecule has 2 aromatic carbocycles. The molecule has 20 heavy (non-hydrogen) atoms. The molecular formula is C17H13ClOS. The van der Waals surface area contributed by atoms with Crippen molar-refractivity contribution in [1.29, 1.82) is 0 Å². The van der Waals surface area contributed by atoms with Crippen molar-refractivity contribution in [2.45, 2.75) is 0 Å². The summed E-state index contributed by atoms with van der Waals surface area (Å²) in [6.45, 7) is 0. The van der Waals surface area contributed by atoms with Crippen LogP contribution in [0.4, 0.5) is 0 Å². The van der Waals surface area contributed by atoms with Crippen LogP contribution in [-0.2, 0) is 0 Å². The van der Waals surface area contributed by atoms with Crippen LogP contribution in [0.2, 0.25) is 5.02 Å². The maximum atomic E-state index is 6.14. The minimum Gasteiger partial charge on any atom is -0.497 e. The highest BCUT2D eigenvalue weighted by Crippen LogP contribution is 2.30. The van der Waals surface area contributed by atoms with E-state index >= 15 is 0 Å². The standard InChI is InChI=1S/C17H13ClOS/c1-19-14-7-9-17-13(10-14)11-15(20-17)8-6-12-4-2-3-5-16(12)18/h2-11H,1H3. The second-order valence-electron chi connectivity index (χ2n) is 4.41. The van der Waals surface area contributed by atoms with Crippen molar-refractivity contribution in [1.82, 2.24) is 0 Å². The van der Waals surface area contributed by atoms with Gasteiger partial charge >= 0.3 is 0 Å². The molecule has 1 nitrogen and oxygen atoms in total. The number of fused-ring (bicyclic) bond motifs is 1. The molecule has 0 atom stereocenters. The minimum atomic E-state index is 0.770. The molecule has 0 saturated heterocycles. The smallest absolute Gasteiger partial charge is 0.119 e. The van der Waals surface area contributed by atoms with Crippen LogP contribution in [0, 0.1) is 0 Å². The fourth-order valence-corrected chi connectivity index (χ4v) is 3.18. The quantitative estimate of drug-likeness (QED) is 0.600. The highest BCUT2D eigenvalue weighted by Gasteiger charge is 2.01. The number of hydrogen-bond acceptors (Lipinski definition) is 2. The molecule has 0 spiro atoms. The van der Waals surface area contributed by atoms with Crippen molar-refractivity contribution in [3.8, 4) is 5.75 Å². The van der Waals surface area contributed by atoms with Gasteiger partial charge in [0.2, 0.25) is 0 Å². The van der Waals surface area contributed by atoms with Crippen molar-refractivity contribution in [2.24, 2.45) is 0 Å². The first-order chi connectivity index (χ1) is 9.76. The molecule has 0 aliphatic carbocycles. The van der Waals surface area contributed by atoms with Crippen molar-refractivity contribution in [3.63, 3.8) is 0 Å². The van der Waals surface area contributed by atoms with E-state index in [1.54, 1.807) is 18.4 Å². The van der Waals surface area contributed by atoms with E-state index in [1.165, 1.54) is 15.0 Å². The van der Waals surface area contributed by atoms with E-state index in [1.807, 2.05) is 36.4 Å². The molecule has 100 valence electrons. The Morgan fingerprint density at radius 3 is 2.70 bits per heavy atom. The third kappa shape index (κ3) is 2.72. The van der Waals surface area contributed by atoms with E-state index in [4.69, 9.17) is 16.3 Å². The van der Waals surface area contributed by atoms with Gasteiger partial charge in [-0.05, 0) is 47.4 Å². The molecule has 0 fully saturated rings. The van der Waals surface area contributed by atoms with Gasteiger partial charge in [0, 0.05) is 14.6 Å². The molecule has 1 aromatic heterocycles. The van der Waals surface area contributed by atoms with Crippen molar-refractivity contribution in [3.05, 3.63) is 64.0 Å². The molecular weight excluding hydrogens is 288 g/mol. The van der Waals surface area contributed by atoms with E-state index in [9.17, 15) is 0 Å². The molecule has 3 heteroatoms. The van der Waals surface area contributed by atoms with Gasteiger partial charge in [0.1, 0.15) is 5.75 Å². The van der Waals surface area contributed by atoms with Gasteiger partial charge in [-0.2, -0.15) is 0 Å². The van der Waals surface area contributed by atoms with Crippen LogP contribution in [0.25, 0.3) is 22.2 Å². The van der Waals surface area contributed by atoms with Crippen LogP contribution in [0.1, 0.15) is 10.4 Å². The molecule has 0 aliphatic rings. The molecule has 0 N–H and O–H groups in total. The average Bonchev–Trinajstić information content (AvgIpc) is 2.88. The third-order valence-corrected chi connectivity index (χ3v) is 4.50. The number of ether oxygens (including phenoxy) is 1. The fourth-order valence-electron chi connectivity index (χ4n) is 2.03. The lowest BCUT2D eigenvalue weighted by atomic mass is 10.2. The first-order valence-corrected chi connectivity index (χ1v) is 7.46. The van der Waals surface area contributed by atoms with E-state index in [-0.39, 0.29) is 0 Å². The predicted molar refractivity (Wildman–Crippen MR) is 88.8 cm³/mol. The van der Waals surface area contributed by atoms with Crippen LogP contribution in [-0.4, -0.2) is 7.11 Å². The SMILES string of the molecule is COc1ccc2sc(C=Cc3ccccc3Cl)cc2c1. The van der Waals surface area contributed by atoms with Gasteiger partial charge in [-0.25, -0.2) is 0 Å². The summed E-state index contributed by atoms with van der Waals surface area (Å²) in [6, 6.07) is 16.1. The number of hydrogen-bond donors (Lipinski definition) is 0. The normalized spacial score (nSPS) is 11.3. The van der Waals surface area contributed by atoms with E-state index < -0.39 is 0 Å². The summed E-state index contributed by atoms with van der Waals surface area (Å²) in [6.07, 6.45) is 4.14. The zero-order valence-electron chi connectivity index (χ0n) is 11.0. The van der Waals surface area contributed by atoms with E-state index in [0.717, 1.165) is 16.3 Å². The summed E-state index contributed by atoms with van der Waals surface area (Å²) < 4.78 is 6.50. The maximum absolute atomic E-state index is 6.14. The van der Waals surface area contributed by atoms with Crippen LogP contribution in [0.3, 0.4) is 0 Å². The van der Waals surface area contributed by atoms with Crippen molar-refractivity contribution in [2.75, 3.05) is 7.11 Å². The molecule has 0 aliphatic heterocycles. The maximum Gasteiger partial charge on any atom is 0.119 e. The number of thiophene rings is 1. The van der Waals surface area contributed by atoms with E-state index in [0.29, 0.717) is 0 Å². The third-order valence-electron chi connectivity index (χ3n) is 3.07. The van der Waals surface area contributed by atoms with Gasteiger partial charge in [-0.3, -0.25) is 0 Å². The Kier molecular flexibility index (Phi) is 3.77. The fraction of sp³-hybridized carbons (Fsp3) is 0.0588. The molecule has 0 radical (unpaired) electrons. The van der Waals surface area contributed by atoms with Gasteiger partial charge < -0.3 is 4.74 Å². The molecule has 1 heterocycles. The zero-order valence-corrected chi connectivity index (χ0v) is 12.5. The summed E-state index contributed by atoms with van der Waals surface area (Å²) in [4.78, 5) is 1.20. The molecule has 0 amide bonds. The minimum absolute atomic E-state index is 0.770. The van der Waals surface area contributed by atoms with Crippen LogP contribution in [0.15, 0.2) is 48.5 Å². The number of benzene rings is 2. The largest absolute Gasteiger partial charge is 0.497 e. The lowest BCUT2D eigenvalue weighted by Crippen LogP contribution is -1.79. The van der Waals surface area contributed by atoms with Gasteiger partial charge in [-0.1, -0.05) is 35.9 Å². The van der Waals surface area contributed by atoms with Crippen LogP contribution >= 0.6 is 22.9 Å². The predicted octanol–water partition coefficient (Wildman–Crippen LogP) is 5.73. The number of halogens is 1. The summed E-state index contributed by atoms with van der Waals surface area (Å²) in [5.74, 6) is 0.886. The first kappa shape index (κ1) is 13.2. The summed E-state index contributed by atoms with van der Waals surface area (Å²) in [5, 5.41) is 1.97. The van der Waals surface area contributed by atoms with E-state index in [2.05, 4.69) is 24.3 Å².